The van der Waals surface area contributed by atoms with Gasteiger partial charge in [0.2, 0.25) is 0 Å². The van der Waals surface area contributed by atoms with E-state index in [4.69, 9.17) is 9.47 Å². The third kappa shape index (κ3) is 15.4. The van der Waals surface area contributed by atoms with Crippen molar-refractivity contribution in [3.63, 3.8) is 0 Å². The van der Waals surface area contributed by atoms with E-state index in [9.17, 15) is 54.3 Å². The standard InChI is InChI=1S/C50H57N5O13Si/c1-9-33(24-34(25-45(56)57)38-12-10-11-36(52(3)4)19-22-69(7,8)44-27-37(53(5)6)15-16-39(38)44)50(66)51-35-14-18-41(55(30-48(62)63)31-49(64)65)43(26-35)68-21-20-67-42-23-32(2)13-17-40(42)54(28-46(58)59)29-47(60)61/h9-19,22-27H,1,20-21,28-31H2,2-8H3,(H5-,51,56,57,58,59,60,61,62,63,64,65,66)/p+1/b22-19+,33-24+,34-25-. The Morgan fingerprint density at radius 1 is 0.739 bits per heavy atom. The van der Waals surface area contributed by atoms with E-state index < -0.39 is 70.0 Å². The van der Waals surface area contributed by atoms with Gasteiger partial charge in [-0.05, 0) is 76.9 Å². The number of carboxylic acids is 5. The van der Waals surface area contributed by atoms with Gasteiger partial charge in [0, 0.05) is 55.3 Å². The lowest BCUT2D eigenvalue weighted by molar-refractivity contribution is -0.462. The van der Waals surface area contributed by atoms with Crippen LogP contribution in [0.15, 0.2) is 121 Å². The summed E-state index contributed by atoms with van der Waals surface area (Å²) < 4.78 is 14.0. The van der Waals surface area contributed by atoms with Crippen LogP contribution in [0.5, 0.6) is 11.5 Å². The van der Waals surface area contributed by atoms with Crippen LogP contribution in [0.4, 0.5) is 22.7 Å². The van der Waals surface area contributed by atoms with Crippen LogP contribution in [0.2, 0.25) is 13.1 Å². The van der Waals surface area contributed by atoms with Gasteiger partial charge in [-0.2, -0.15) is 0 Å². The molecule has 0 aromatic heterocycles. The highest BCUT2D eigenvalue weighted by Crippen LogP contribution is 2.34. The predicted molar refractivity (Wildman–Crippen MR) is 267 cm³/mol. The number of rotatable bonds is 22. The van der Waals surface area contributed by atoms with E-state index in [-0.39, 0.29) is 52.9 Å². The molecule has 0 aliphatic carbocycles. The largest absolute Gasteiger partial charge is 0.488 e. The van der Waals surface area contributed by atoms with Crippen molar-refractivity contribution in [2.75, 3.05) is 87.6 Å². The quantitative estimate of drug-likeness (QED) is 0.0258. The summed E-state index contributed by atoms with van der Waals surface area (Å²) in [5.74, 6) is -7.10. The first-order chi connectivity index (χ1) is 32.5. The topological polar surface area (TPSA) is 247 Å². The lowest BCUT2D eigenvalue weighted by Gasteiger charge is -2.27. The summed E-state index contributed by atoms with van der Waals surface area (Å²) in [6.07, 6.45) is 11.3. The molecule has 1 aliphatic heterocycles. The van der Waals surface area contributed by atoms with E-state index in [0.717, 1.165) is 43.6 Å². The van der Waals surface area contributed by atoms with Crippen molar-refractivity contribution < 1.29 is 68.3 Å². The molecule has 0 bridgehead atoms. The van der Waals surface area contributed by atoms with Crippen molar-refractivity contribution in [1.82, 2.24) is 0 Å². The SMILES string of the molecule is C=C\C(=C/C(=C/C(=O)O)C1=C\C=C/C(=[N+](C)C)/C=C/[Si](C)(C)c2cc(N(C)C)ccc2\1)C(=O)Nc1ccc(N(CC(=O)O)CC(=O)O)c(OCCOc2cc(C)ccc2N(CC(=O)O)CC(=O)O)c1. The van der Waals surface area contributed by atoms with E-state index in [1.807, 2.05) is 62.0 Å². The summed E-state index contributed by atoms with van der Waals surface area (Å²) in [6, 6.07) is 14.9. The monoisotopic (exact) mass is 964 g/mol. The number of fused-ring (bicyclic) bond motifs is 1. The third-order valence-electron chi connectivity index (χ3n) is 10.5. The molecule has 3 aromatic carbocycles. The molecule has 6 N–H and O–H groups in total. The molecular formula is C50H58N5O13Si+. The van der Waals surface area contributed by atoms with Crippen LogP contribution in [0.25, 0.3) is 5.57 Å². The molecule has 3 aromatic rings. The van der Waals surface area contributed by atoms with E-state index in [0.29, 0.717) is 5.57 Å². The number of nitrogens with zero attached hydrogens (tertiary/aromatic N) is 4. The maximum Gasteiger partial charge on any atom is 0.328 e. The number of ether oxygens (including phenoxy) is 2. The Hall–Kier alpha value is -8.19. The molecule has 1 aliphatic rings. The van der Waals surface area contributed by atoms with E-state index in [2.05, 4.69) is 42.8 Å². The first kappa shape index (κ1) is 53.4. The molecule has 0 fully saturated rings. The number of hydrogen-bond donors (Lipinski definition) is 6. The Bertz CT molecular complexity index is 2660. The zero-order valence-corrected chi connectivity index (χ0v) is 40.6. The number of amides is 1. The third-order valence-corrected chi connectivity index (χ3v) is 13.3. The predicted octanol–water partition coefficient (Wildman–Crippen LogP) is 4.91. The van der Waals surface area contributed by atoms with Crippen LogP contribution in [0.3, 0.4) is 0 Å². The Balaban J connectivity index is 1.77. The second-order valence-corrected chi connectivity index (χ2v) is 21.1. The summed E-state index contributed by atoms with van der Waals surface area (Å²) in [7, 11) is 5.32. The van der Waals surface area contributed by atoms with Crippen molar-refractivity contribution in [3.8, 4) is 11.5 Å². The average Bonchev–Trinajstić information content (AvgIpc) is 3.24. The molecule has 0 spiro atoms. The molecule has 0 saturated heterocycles. The fourth-order valence-corrected chi connectivity index (χ4v) is 9.39. The minimum absolute atomic E-state index is 0.0278. The first-order valence-corrected chi connectivity index (χ1v) is 24.5. The van der Waals surface area contributed by atoms with Crippen LogP contribution in [0, 0.1) is 6.92 Å². The number of carbonyl (C=O) groups is 6. The lowest BCUT2D eigenvalue weighted by Crippen LogP contribution is -2.42. The second-order valence-electron chi connectivity index (χ2n) is 16.8. The number of anilines is 4. The maximum atomic E-state index is 14.2. The summed E-state index contributed by atoms with van der Waals surface area (Å²) >= 11 is 0. The van der Waals surface area contributed by atoms with Crippen molar-refractivity contribution in [3.05, 3.63) is 132 Å². The second kappa shape index (κ2) is 24.0. The van der Waals surface area contributed by atoms with E-state index in [1.165, 1.54) is 36.4 Å². The molecule has 0 atom stereocenters. The van der Waals surface area contributed by atoms with Gasteiger partial charge in [-0.3, -0.25) is 24.0 Å². The van der Waals surface area contributed by atoms with Crippen LogP contribution < -0.4 is 34.7 Å². The zero-order valence-electron chi connectivity index (χ0n) is 39.6. The zero-order chi connectivity index (χ0) is 51.2. The fraction of sp³-hybridized carbons (Fsp3) is 0.260. The highest BCUT2D eigenvalue weighted by Gasteiger charge is 2.28. The van der Waals surface area contributed by atoms with E-state index in [1.54, 1.807) is 25.1 Å². The maximum absolute atomic E-state index is 14.2. The molecule has 18 nitrogen and oxygen atoms in total. The summed E-state index contributed by atoms with van der Waals surface area (Å²) in [6.45, 7) is 6.77. The number of carboxylic acid groups (broad SMARTS) is 5. The van der Waals surface area contributed by atoms with Gasteiger partial charge in [0.15, 0.2) is 5.71 Å². The minimum atomic E-state index is -2.40. The van der Waals surface area contributed by atoms with Crippen LogP contribution in [-0.4, -0.2) is 147 Å². The molecule has 19 heteroatoms. The highest BCUT2D eigenvalue weighted by molar-refractivity contribution is 6.94. The molecule has 0 unspecified atom stereocenters. The molecule has 0 saturated carbocycles. The smallest absolute Gasteiger partial charge is 0.328 e. The Morgan fingerprint density at radius 3 is 1.80 bits per heavy atom. The number of allylic oxidation sites excluding steroid dienone is 7. The van der Waals surface area contributed by atoms with Gasteiger partial charge in [-0.15, -0.1) is 0 Å². The number of benzene rings is 3. The normalized spacial score (nSPS) is 14.9. The summed E-state index contributed by atoms with van der Waals surface area (Å²) in [4.78, 5) is 77.8. The van der Waals surface area contributed by atoms with Gasteiger partial charge >= 0.3 is 29.8 Å². The van der Waals surface area contributed by atoms with Gasteiger partial charge in [0.05, 0.1) is 11.4 Å². The molecular weight excluding hydrogens is 907 g/mol. The molecule has 364 valence electrons. The highest BCUT2D eigenvalue weighted by atomic mass is 28.3. The first-order valence-electron chi connectivity index (χ1n) is 21.4. The Morgan fingerprint density at radius 2 is 1.29 bits per heavy atom. The summed E-state index contributed by atoms with van der Waals surface area (Å²) in [5, 5.41) is 52.3. The summed E-state index contributed by atoms with van der Waals surface area (Å²) in [5.41, 5.74) is 6.62. The number of aliphatic carboxylic acids is 5. The molecule has 1 heterocycles. The molecule has 69 heavy (non-hydrogen) atoms. The van der Waals surface area contributed by atoms with Crippen molar-refractivity contribution in [1.29, 1.82) is 0 Å². The van der Waals surface area contributed by atoms with Gasteiger partial charge in [0.1, 0.15) is 73.1 Å². The van der Waals surface area contributed by atoms with Crippen molar-refractivity contribution >= 4 is 83.0 Å². The van der Waals surface area contributed by atoms with Crippen LogP contribution >= 0.6 is 0 Å². The van der Waals surface area contributed by atoms with Gasteiger partial charge in [0.25, 0.3) is 5.91 Å². The van der Waals surface area contributed by atoms with Crippen LogP contribution in [0.1, 0.15) is 11.1 Å². The minimum Gasteiger partial charge on any atom is -0.488 e. The number of aryl methyl sites for hydroxylation is 1. The van der Waals surface area contributed by atoms with Gasteiger partial charge in [-0.1, -0.05) is 55.7 Å². The van der Waals surface area contributed by atoms with Crippen molar-refractivity contribution in [2.24, 2.45) is 0 Å². The van der Waals surface area contributed by atoms with Crippen LogP contribution in [-0.2, 0) is 28.8 Å². The number of carbonyl (C=O) groups excluding carboxylic acids is 1. The van der Waals surface area contributed by atoms with Gasteiger partial charge < -0.3 is 55.0 Å². The fourth-order valence-electron chi connectivity index (χ4n) is 7.19. The Labute approximate surface area is 401 Å². The molecule has 0 radical (unpaired) electrons. The lowest BCUT2D eigenvalue weighted by atomic mass is 9.94. The number of nitrogens with one attached hydrogen (secondary N) is 1. The Kier molecular flexibility index (Phi) is 18.6. The molecule has 1 amide bonds. The average molecular weight is 965 g/mol. The number of hydrogen-bond acceptors (Lipinski definition) is 11. The van der Waals surface area contributed by atoms with E-state index >= 15 is 0 Å². The molecule has 4 rings (SSSR count). The van der Waals surface area contributed by atoms with Gasteiger partial charge in [-0.25, -0.2) is 9.37 Å². The van der Waals surface area contributed by atoms with Crippen molar-refractivity contribution in [2.45, 2.75) is 20.0 Å².